The van der Waals surface area contributed by atoms with Crippen molar-refractivity contribution in [1.29, 1.82) is 0 Å². The maximum absolute atomic E-state index is 14.3. The van der Waals surface area contributed by atoms with E-state index >= 15 is 0 Å². The molecule has 6 nitrogen and oxygen atoms in total. The molecule has 8 heteroatoms. The predicted octanol–water partition coefficient (Wildman–Crippen LogP) is 2.75. The molecule has 1 fully saturated rings. The molecule has 1 aliphatic rings. The Hall–Kier alpha value is -2.03. The van der Waals surface area contributed by atoms with Gasteiger partial charge in [0.25, 0.3) is 5.91 Å². The Bertz CT molecular complexity index is 851. The highest BCUT2D eigenvalue weighted by Gasteiger charge is 2.47. The average molecular weight is 381 g/mol. The van der Waals surface area contributed by atoms with Gasteiger partial charge in [-0.2, -0.15) is 0 Å². The summed E-state index contributed by atoms with van der Waals surface area (Å²) in [5.41, 5.74) is -0.594. The highest BCUT2D eigenvalue weighted by molar-refractivity contribution is 7.21. The molecule has 140 valence electrons. The summed E-state index contributed by atoms with van der Waals surface area (Å²) in [5, 5.41) is 9.96. The number of rotatable bonds is 6. The summed E-state index contributed by atoms with van der Waals surface area (Å²) in [6.45, 7) is 0.534. The number of carboxylic acid groups (broad SMARTS) is 1. The molecule has 2 aromatic rings. The molecule has 1 aromatic heterocycles. The SMILES string of the molecule is COCc1c(C(=O)N2CCC(COC)(C(=O)O)C2)sc2cccc(F)c12. The van der Waals surface area contributed by atoms with Crippen LogP contribution in [0.3, 0.4) is 0 Å². The van der Waals surface area contributed by atoms with E-state index in [9.17, 15) is 19.1 Å². The van der Waals surface area contributed by atoms with Gasteiger partial charge in [-0.3, -0.25) is 9.59 Å². The van der Waals surface area contributed by atoms with Crippen LogP contribution >= 0.6 is 11.3 Å². The summed E-state index contributed by atoms with van der Waals surface area (Å²) in [7, 11) is 2.93. The summed E-state index contributed by atoms with van der Waals surface area (Å²) in [6, 6.07) is 4.71. The van der Waals surface area contributed by atoms with Crippen LogP contribution in [0.25, 0.3) is 10.1 Å². The minimum absolute atomic E-state index is 0.0398. The van der Waals surface area contributed by atoms with Crippen LogP contribution in [0.4, 0.5) is 4.39 Å². The van der Waals surface area contributed by atoms with Crippen molar-refractivity contribution in [2.24, 2.45) is 5.41 Å². The maximum Gasteiger partial charge on any atom is 0.313 e. The molecule has 1 aromatic carbocycles. The zero-order valence-electron chi connectivity index (χ0n) is 14.6. The van der Waals surface area contributed by atoms with Crippen LogP contribution in [0, 0.1) is 11.2 Å². The van der Waals surface area contributed by atoms with Gasteiger partial charge in [0.2, 0.25) is 0 Å². The molecule has 0 spiro atoms. The van der Waals surface area contributed by atoms with Crippen LogP contribution in [-0.4, -0.2) is 55.8 Å². The molecule has 1 aliphatic heterocycles. The third-order valence-electron chi connectivity index (χ3n) is 4.76. The first-order valence-electron chi connectivity index (χ1n) is 8.14. The third-order valence-corrected chi connectivity index (χ3v) is 5.95. The van der Waals surface area contributed by atoms with Crippen LogP contribution < -0.4 is 0 Å². The number of fused-ring (bicyclic) bond motifs is 1. The second-order valence-electron chi connectivity index (χ2n) is 6.45. The monoisotopic (exact) mass is 381 g/mol. The molecule has 3 rings (SSSR count). The van der Waals surface area contributed by atoms with Crippen molar-refractivity contribution in [2.75, 3.05) is 33.9 Å². The molecule has 0 radical (unpaired) electrons. The summed E-state index contributed by atoms with van der Waals surface area (Å²) >= 11 is 1.20. The van der Waals surface area contributed by atoms with E-state index in [1.54, 1.807) is 12.1 Å². The molecule has 1 amide bonds. The highest BCUT2D eigenvalue weighted by atomic mass is 32.1. The predicted molar refractivity (Wildman–Crippen MR) is 95.0 cm³/mol. The molecule has 0 aliphatic carbocycles. The van der Waals surface area contributed by atoms with Gasteiger partial charge in [-0.15, -0.1) is 11.3 Å². The Balaban J connectivity index is 1.97. The van der Waals surface area contributed by atoms with Crippen LogP contribution in [0.5, 0.6) is 0 Å². The topological polar surface area (TPSA) is 76.1 Å². The molecule has 1 saturated heterocycles. The maximum atomic E-state index is 14.3. The van der Waals surface area contributed by atoms with E-state index in [2.05, 4.69) is 0 Å². The molecule has 1 N–H and O–H groups in total. The van der Waals surface area contributed by atoms with Gasteiger partial charge in [0.05, 0.1) is 18.1 Å². The van der Waals surface area contributed by atoms with Crippen LogP contribution in [0.1, 0.15) is 21.7 Å². The van der Waals surface area contributed by atoms with Gasteiger partial charge < -0.3 is 19.5 Å². The first-order chi connectivity index (χ1) is 12.4. The first-order valence-corrected chi connectivity index (χ1v) is 8.95. The molecular formula is C18H20FNO5S. The third kappa shape index (κ3) is 3.08. The van der Waals surface area contributed by atoms with E-state index in [1.807, 2.05) is 0 Å². The van der Waals surface area contributed by atoms with Crippen molar-refractivity contribution >= 4 is 33.3 Å². The molecule has 0 bridgehead atoms. The van der Waals surface area contributed by atoms with Crippen molar-refractivity contribution in [2.45, 2.75) is 13.0 Å². The van der Waals surface area contributed by atoms with Gasteiger partial charge in [0.15, 0.2) is 0 Å². The summed E-state index contributed by atoms with van der Waals surface area (Å²) in [5.74, 6) is -1.67. The van der Waals surface area contributed by atoms with Gasteiger partial charge in [-0.1, -0.05) is 6.07 Å². The molecule has 1 atom stereocenters. The Kier molecular flexibility index (Phi) is 5.27. The summed E-state index contributed by atoms with van der Waals surface area (Å²) in [4.78, 5) is 26.7. The second-order valence-corrected chi connectivity index (χ2v) is 7.50. The Morgan fingerprint density at radius 1 is 1.35 bits per heavy atom. The van der Waals surface area contributed by atoms with E-state index in [1.165, 1.54) is 36.5 Å². The number of carbonyl (C=O) groups is 2. The Morgan fingerprint density at radius 2 is 2.12 bits per heavy atom. The standard InChI is InChI=1S/C18H20FNO5S/c1-24-8-11-14-12(19)4-3-5-13(14)26-15(11)16(21)20-7-6-18(9-20,10-25-2)17(22)23/h3-5H,6-10H2,1-2H3,(H,22,23). The van der Waals surface area contributed by atoms with Crippen molar-refractivity contribution in [3.63, 3.8) is 0 Å². The Labute approximate surface area is 154 Å². The van der Waals surface area contributed by atoms with Gasteiger partial charge >= 0.3 is 5.97 Å². The number of nitrogens with zero attached hydrogens (tertiary/aromatic N) is 1. The van der Waals surface area contributed by atoms with Crippen molar-refractivity contribution in [3.8, 4) is 0 Å². The van der Waals surface area contributed by atoms with Crippen molar-refractivity contribution in [3.05, 3.63) is 34.5 Å². The lowest BCUT2D eigenvalue weighted by Crippen LogP contribution is -2.40. The number of carbonyl (C=O) groups excluding carboxylic acids is 1. The molecule has 0 saturated carbocycles. The number of ether oxygens (including phenoxy) is 2. The minimum Gasteiger partial charge on any atom is -0.481 e. The van der Waals surface area contributed by atoms with Crippen LogP contribution in [0.15, 0.2) is 18.2 Å². The van der Waals surface area contributed by atoms with Gasteiger partial charge in [0, 0.05) is 43.0 Å². The fourth-order valence-electron chi connectivity index (χ4n) is 3.44. The zero-order chi connectivity index (χ0) is 18.9. The summed E-state index contributed by atoms with van der Waals surface area (Å²) in [6.07, 6.45) is 0.320. The molecule has 1 unspecified atom stereocenters. The van der Waals surface area contributed by atoms with Gasteiger partial charge in [-0.05, 0) is 18.6 Å². The number of amides is 1. The number of benzene rings is 1. The lowest BCUT2D eigenvalue weighted by atomic mass is 9.88. The molecular weight excluding hydrogens is 361 g/mol. The largest absolute Gasteiger partial charge is 0.481 e. The number of thiophene rings is 1. The smallest absolute Gasteiger partial charge is 0.313 e. The van der Waals surface area contributed by atoms with Crippen LogP contribution in [-0.2, 0) is 20.9 Å². The molecule has 26 heavy (non-hydrogen) atoms. The van der Waals surface area contributed by atoms with Gasteiger partial charge in [0.1, 0.15) is 11.2 Å². The summed E-state index contributed by atoms with van der Waals surface area (Å²) < 4.78 is 25.2. The van der Waals surface area contributed by atoms with E-state index in [0.717, 1.165) is 0 Å². The number of methoxy groups -OCH3 is 2. The lowest BCUT2D eigenvalue weighted by molar-refractivity contribution is -0.151. The quantitative estimate of drug-likeness (QED) is 0.833. The van der Waals surface area contributed by atoms with E-state index < -0.39 is 17.2 Å². The van der Waals surface area contributed by atoms with Crippen LogP contribution in [0.2, 0.25) is 0 Å². The number of hydrogen-bond donors (Lipinski definition) is 1. The first kappa shape index (κ1) is 18.8. The minimum atomic E-state index is -1.10. The fraction of sp³-hybridized carbons (Fsp3) is 0.444. The number of halogens is 1. The second kappa shape index (κ2) is 7.30. The van der Waals surface area contributed by atoms with Crippen molar-refractivity contribution < 1.29 is 28.6 Å². The number of aliphatic carboxylic acids is 1. The number of likely N-dealkylation sites (tertiary alicyclic amines) is 1. The van der Waals surface area contributed by atoms with Gasteiger partial charge in [-0.25, -0.2) is 4.39 Å². The lowest BCUT2D eigenvalue weighted by Gasteiger charge is -2.23. The fourth-order valence-corrected chi connectivity index (χ4v) is 4.63. The Morgan fingerprint density at radius 3 is 2.77 bits per heavy atom. The highest BCUT2D eigenvalue weighted by Crippen LogP contribution is 2.37. The normalized spacial score (nSPS) is 20.0. The number of carboxylic acids is 1. The molecule has 2 heterocycles. The van der Waals surface area contributed by atoms with E-state index in [4.69, 9.17) is 9.47 Å². The zero-order valence-corrected chi connectivity index (χ0v) is 15.4. The number of hydrogen-bond acceptors (Lipinski definition) is 5. The van der Waals surface area contributed by atoms with E-state index in [0.29, 0.717) is 33.5 Å². The average Bonchev–Trinajstić information content (AvgIpc) is 3.19. The van der Waals surface area contributed by atoms with E-state index in [-0.39, 0.29) is 25.7 Å². The van der Waals surface area contributed by atoms with Crippen molar-refractivity contribution in [1.82, 2.24) is 4.90 Å².